The van der Waals surface area contributed by atoms with Crippen LogP contribution in [0.15, 0.2) is 67.0 Å². The van der Waals surface area contributed by atoms with E-state index in [2.05, 4.69) is 10.3 Å². The molecule has 1 atom stereocenters. The number of carbonyl (C=O) groups is 1. The second-order valence-corrected chi connectivity index (χ2v) is 4.82. The molecule has 0 aliphatic carbocycles. The second-order valence-electron chi connectivity index (χ2n) is 4.82. The molecule has 0 saturated carbocycles. The third kappa shape index (κ3) is 2.90. The average molecular weight is 277 g/mol. The van der Waals surface area contributed by atoms with Gasteiger partial charge in [-0.25, -0.2) is 0 Å². The van der Waals surface area contributed by atoms with Gasteiger partial charge in [-0.3, -0.25) is 9.78 Å². The standard InChI is InChI=1S/C17H15N3O/c18-16(13-4-2-1-3-5-13)17(21)20-15-7-6-12-8-9-19-11-14(12)10-15/h1-11,16H,18H2,(H,20,21). The highest BCUT2D eigenvalue weighted by Gasteiger charge is 2.15. The predicted octanol–water partition coefficient (Wildman–Crippen LogP) is 2.87. The van der Waals surface area contributed by atoms with Crippen LogP contribution in [0.5, 0.6) is 0 Å². The Kier molecular flexibility index (Phi) is 3.62. The summed E-state index contributed by atoms with van der Waals surface area (Å²) in [5, 5.41) is 4.90. The van der Waals surface area contributed by atoms with Crippen molar-refractivity contribution in [2.24, 2.45) is 5.73 Å². The monoisotopic (exact) mass is 277 g/mol. The third-order valence-corrected chi connectivity index (χ3v) is 3.35. The van der Waals surface area contributed by atoms with Crippen LogP contribution in [0.25, 0.3) is 10.8 Å². The molecule has 4 nitrogen and oxygen atoms in total. The van der Waals surface area contributed by atoms with Crippen LogP contribution in [-0.2, 0) is 4.79 Å². The fourth-order valence-electron chi connectivity index (χ4n) is 2.19. The Morgan fingerprint density at radius 3 is 2.67 bits per heavy atom. The zero-order chi connectivity index (χ0) is 14.7. The predicted molar refractivity (Wildman–Crippen MR) is 83.7 cm³/mol. The molecule has 1 heterocycles. The van der Waals surface area contributed by atoms with Gasteiger partial charge in [-0.05, 0) is 29.1 Å². The lowest BCUT2D eigenvalue weighted by atomic mass is 10.1. The minimum atomic E-state index is -0.684. The van der Waals surface area contributed by atoms with Crippen LogP contribution in [0, 0.1) is 0 Å². The van der Waals surface area contributed by atoms with E-state index in [1.165, 1.54) is 0 Å². The number of nitrogens with zero attached hydrogens (tertiary/aromatic N) is 1. The van der Waals surface area contributed by atoms with E-state index < -0.39 is 6.04 Å². The molecule has 3 N–H and O–H groups in total. The van der Waals surface area contributed by atoms with Crippen molar-refractivity contribution >= 4 is 22.4 Å². The Morgan fingerprint density at radius 1 is 1.05 bits per heavy atom. The first-order valence-corrected chi connectivity index (χ1v) is 6.69. The van der Waals surface area contributed by atoms with Gasteiger partial charge in [-0.15, -0.1) is 0 Å². The number of nitrogens with one attached hydrogen (secondary N) is 1. The van der Waals surface area contributed by atoms with Crippen LogP contribution in [0.1, 0.15) is 11.6 Å². The highest BCUT2D eigenvalue weighted by Crippen LogP contribution is 2.19. The fourth-order valence-corrected chi connectivity index (χ4v) is 2.19. The van der Waals surface area contributed by atoms with Gasteiger partial charge in [0.15, 0.2) is 0 Å². The van der Waals surface area contributed by atoms with Crippen molar-refractivity contribution in [3.63, 3.8) is 0 Å². The normalized spacial score (nSPS) is 12.0. The Morgan fingerprint density at radius 2 is 1.86 bits per heavy atom. The van der Waals surface area contributed by atoms with E-state index in [1.54, 1.807) is 12.4 Å². The maximum absolute atomic E-state index is 12.2. The minimum Gasteiger partial charge on any atom is -0.324 e. The molecule has 0 bridgehead atoms. The number of rotatable bonds is 3. The van der Waals surface area contributed by atoms with E-state index >= 15 is 0 Å². The molecule has 0 aliphatic heterocycles. The summed E-state index contributed by atoms with van der Waals surface area (Å²) in [4.78, 5) is 16.3. The van der Waals surface area contributed by atoms with Crippen LogP contribution in [0.2, 0.25) is 0 Å². The van der Waals surface area contributed by atoms with Gasteiger partial charge in [-0.2, -0.15) is 0 Å². The molecule has 104 valence electrons. The molecule has 1 aromatic heterocycles. The summed E-state index contributed by atoms with van der Waals surface area (Å²) in [5.74, 6) is -0.232. The SMILES string of the molecule is NC(C(=O)Nc1ccc2ccncc2c1)c1ccccc1. The van der Waals surface area contributed by atoms with Crippen molar-refractivity contribution in [1.29, 1.82) is 0 Å². The van der Waals surface area contributed by atoms with Gasteiger partial charge in [0.25, 0.3) is 0 Å². The first-order chi connectivity index (χ1) is 10.2. The summed E-state index contributed by atoms with van der Waals surface area (Å²) in [6, 6.07) is 16.2. The molecule has 4 heteroatoms. The van der Waals surface area contributed by atoms with Crippen LogP contribution < -0.4 is 11.1 Å². The van der Waals surface area contributed by atoms with E-state index in [4.69, 9.17) is 5.73 Å². The number of pyridine rings is 1. The number of hydrogen-bond acceptors (Lipinski definition) is 3. The van der Waals surface area contributed by atoms with Crippen molar-refractivity contribution < 1.29 is 4.79 Å². The molecule has 0 aliphatic rings. The highest BCUT2D eigenvalue weighted by atomic mass is 16.2. The first kappa shape index (κ1) is 13.3. The van der Waals surface area contributed by atoms with Crippen molar-refractivity contribution in [1.82, 2.24) is 4.98 Å². The molecule has 0 saturated heterocycles. The second kappa shape index (κ2) is 5.73. The van der Waals surface area contributed by atoms with Crippen LogP contribution in [0.3, 0.4) is 0 Å². The highest BCUT2D eigenvalue weighted by molar-refractivity contribution is 5.97. The molecule has 1 unspecified atom stereocenters. The molecule has 1 amide bonds. The zero-order valence-electron chi connectivity index (χ0n) is 11.4. The number of carbonyl (C=O) groups excluding carboxylic acids is 1. The number of fused-ring (bicyclic) bond motifs is 1. The van der Waals surface area contributed by atoms with Gasteiger partial charge in [0.2, 0.25) is 5.91 Å². The molecule has 3 aromatic rings. The van der Waals surface area contributed by atoms with E-state index in [9.17, 15) is 4.79 Å². The quantitative estimate of drug-likeness (QED) is 0.773. The maximum Gasteiger partial charge on any atom is 0.245 e. The fraction of sp³-hybridized carbons (Fsp3) is 0.0588. The number of anilines is 1. The van der Waals surface area contributed by atoms with Crippen molar-refractivity contribution in [3.05, 3.63) is 72.6 Å². The first-order valence-electron chi connectivity index (χ1n) is 6.69. The molecular weight excluding hydrogens is 262 g/mol. The number of amides is 1. The lowest BCUT2D eigenvalue weighted by Gasteiger charge is -2.13. The number of hydrogen-bond donors (Lipinski definition) is 2. The van der Waals surface area contributed by atoms with E-state index in [0.29, 0.717) is 5.69 Å². The summed E-state index contributed by atoms with van der Waals surface area (Å²) in [6.07, 6.45) is 3.51. The van der Waals surface area contributed by atoms with Gasteiger partial charge >= 0.3 is 0 Å². The maximum atomic E-state index is 12.2. The topological polar surface area (TPSA) is 68.0 Å². The molecule has 3 rings (SSSR count). The Balaban J connectivity index is 1.80. The van der Waals surface area contributed by atoms with Gasteiger partial charge in [0, 0.05) is 23.5 Å². The van der Waals surface area contributed by atoms with Gasteiger partial charge in [0.1, 0.15) is 6.04 Å². The third-order valence-electron chi connectivity index (χ3n) is 3.35. The van der Waals surface area contributed by atoms with Crippen LogP contribution >= 0.6 is 0 Å². The Bertz CT molecular complexity index is 771. The summed E-state index contributed by atoms with van der Waals surface area (Å²) in [7, 11) is 0. The molecule has 21 heavy (non-hydrogen) atoms. The van der Waals surface area contributed by atoms with E-state index in [-0.39, 0.29) is 5.91 Å². The van der Waals surface area contributed by atoms with Crippen LogP contribution in [0.4, 0.5) is 5.69 Å². The van der Waals surface area contributed by atoms with Gasteiger partial charge in [-0.1, -0.05) is 36.4 Å². The van der Waals surface area contributed by atoms with Crippen molar-refractivity contribution in [2.75, 3.05) is 5.32 Å². The summed E-state index contributed by atoms with van der Waals surface area (Å²) < 4.78 is 0. The lowest BCUT2D eigenvalue weighted by Crippen LogP contribution is -2.27. The molecule has 0 fully saturated rings. The van der Waals surface area contributed by atoms with Crippen molar-refractivity contribution in [2.45, 2.75) is 6.04 Å². The zero-order valence-corrected chi connectivity index (χ0v) is 11.4. The van der Waals surface area contributed by atoms with E-state index in [1.807, 2.05) is 54.6 Å². The molecule has 2 aromatic carbocycles. The lowest BCUT2D eigenvalue weighted by molar-refractivity contribution is -0.117. The minimum absolute atomic E-state index is 0.232. The number of aromatic nitrogens is 1. The number of nitrogens with two attached hydrogens (primary N) is 1. The van der Waals surface area contributed by atoms with Crippen molar-refractivity contribution in [3.8, 4) is 0 Å². The smallest absolute Gasteiger partial charge is 0.245 e. The van der Waals surface area contributed by atoms with E-state index in [0.717, 1.165) is 16.3 Å². The Hall–Kier alpha value is -2.72. The summed E-state index contributed by atoms with van der Waals surface area (Å²) >= 11 is 0. The van der Waals surface area contributed by atoms with Gasteiger partial charge < -0.3 is 11.1 Å². The molecule has 0 spiro atoms. The summed E-state index contributed by atoms with van der Waals surface area (Å²) in [6.45, 7) is 0. The molecule has 0 radical (unpaired) electrons. The number of benzene rings is 2. The largest absolute Gasteiger partial charge is 0.324 e. The average Bonchev–Trinajstić information content (AvgIpc) is 2.55. The molecular formula is C17H15N3O. The Labute approximate surface area is 122 Å². The summed E-state index contributed by atoms with van der Waals surface area (Å²) in [5.41, 5.74) is 7.48. The van der Waals surface area contributed by atoms with Gasteiger partial charge in [0.05, 0.1) is 0 Å². The van der Waals surface area contributed by atoms with Crippen LogP contribution in [-0.4, -0.2) is 10.9 Å².